The summed E-state index contributed by atoms with van der Waals surface area (Å²) >= 11 is 0. The Morgan fingerprint density at radius 2 is 2.19 bits per heavy atom. The summed E-state index contributed by atoms with van der Waals surface area (Å²) in [7, 11) is -3.32. The van der Waals surface area contributed by atoms with Gasteiger partial charge in [0.1, 0.15) is 0 Å². The highest BCUT2D eigenvalue weighted by molar-refractivity contribution is 7.92. The molecular weight excluding hydrogens is 292 g/mol. The first kappa shape index (κ1) is 15.8. The summed E-state index contributed by atoms with van der Waals surface area (Å²) in [5.74, 6) is -0.181. The second-order valence-corrected chi connectivity index (χ2v) is 7.00. The van der Waals surface area contributed by atoms with Crippen molar-refractivity contribution < 1.29 is 17.9 Å². The molecule has 1 aliphatic heterocycles. The van der Waals surface area contributed by atoms with Crippen LogP contribution in [0.1, 0.15) is 28.8 Å². The van der Waals surface area contributed by atoms with Crippen molar-refractivity contribution in [2.45, 2.75) is 25.9 Å². The fraction of sp³-hybridized carbons (Fsp3) is 0.500. The van der Waals surface area contributed by atoms with Crippen LogP contribution < -0.4 is 10.0 Å². The molecule has 2 N–H and O–H groups in total. The van der Waals surface area contributed by atoms with Gasteiger partial charge >= 0.3 is 0 Å². The van der Waals surface area contributed by atoms with Crippen molar-refractivity contribution in [2.24, 2.45) is 0 Å². The second-order valence-electron chi connectivity index (χ2n) is 5.25. The molecular formula is C14H20N2O4S. The zero-order chi connectivity index (χ0) is 15.5. The highest BCUT2D eigenvalue weighted by Gasteiger charge is 2.17. The number of sulfonamides is 1. The van der Waals surface area contributed by atoms with Crippen molar-refractivity contribution in [1.29, 1.82) is 0 Å². The van der Waals surface area contributed by atoms with Gasteiger partial charge in [0.15, 0.2) is 0 Å². The van der Waals surface area contributed by atoms with E-state index in [4.69, 9.17) is 4.74 Å². The molecule has 21 heavy (non-hydrogen) atoms. The summed E-state index contributed by atoms with van der Waals surface area (Å²) in [6.07, 6.45) is 3.19. The summed E-state index contributed by atoms with van der Waals surface area (Å²) in [4.78, 5) is 12.0. The van der Waals surface area contributed by atoms with E-state index in [1.54, 1.807) is 25.1 Å². The van der Waals surface area contributed by atoms with Gasteiger partial charge in [-0.3, -0.25) is 9.52 Å². The van der Waals surface area contributed by atoms with Crippen molar-refractivity contribution in [3.05, 3.63) is 29.3 Å². The Hall–Kier alpha value is -1.60. The highest BCUT2D eigenvalue weighted by atomic mass is 32.2. The van der Waals surface area contributed by atoms with Gasteiger partial charge in [0.25, 0.3) is 5.91 Å². The molecule has 0 bridgehead atoms. The van der Waals surface area contributed by atoms with E-state index in [0.29, 0.717) is 23.4 Å². The van der Waals surface area contributed by atoms with Crippen LogP contribution in [0.25, 0.3) is 0 Å². The molecule has 1 aliphatic rings. The van der Waals surface area contributed by atoms with Crippen molar-refractivity contribution in [2.75, 3.05) is 24.1 Å². The maximum Gasteiger partial charge on any atom is 0.251 e. The molecule has 116 valence electrons. The van der Waals surface area contributed by atoms with E-state index in [0.717, 1.165) is 25.7 Å². The number of aryl methyl sites for hydroxylation is 1. The third kappa shape index (κ3) is 4.71. The Kier molecular flexibility index (Phi) is 4.84. The van der Waals surface area contributed by atoms with Gasteiger partial charge in [0, 0.05) is 18.7 Å². The van der Waals surface area contributed by atoms with E-state index in [2.05, 4.69) is 10.0 Å². The van der Waals surface area contributed by atoms with E-state index in [1.807, 2.05) is 0 Å². The number of carbonyl (C=O) groups is 1. The van der Waals surface area contributed by atoms with Crippen LogP contribution in [0.15, 0.2) is 18.2 Å². The Morgan fingerprint density at radius 1 is 1.43 bits per heavy atom. The molecule has 0 aromatic heterocycles. The van der Waals surface area contributed by atoms with Gasteiger partial charge in [0.2, 0.25) is 10.0 Å². The SMILES string of the molecule is Cc1cc(C(=O)NC[C@@H]2CCCO2)ccc1NS(C)(=O)=O. The number of hydrogen-bond acceptors (Lipinski definition) is 4. The molecule has 1 heterocycles. The molecule has 1 fully saturated rings. The molecule has 7 heteroatoms. The van der Waals surface area contributed by atoms with Gasteiger partial charge in [0.05, 0.1) is 18.0 Å². The first-order chi connectivity index (χ1) is 9.85. The van der Waals surface area contributed by atoms with Crippen LogP contribution in [0.5, 0.6) is 0 Å². The number of nitrogens with one attached hydrogen (secondary N) is 2. The molecule has 0 aliphatic carbocycles. The summed E-state index contributed by atoms with van der Waals surface area (Å²) in [5.41, 5.74) is 1.68. The minimum absolute atomic E-state index is 0.0984. The summed E-state index contributed by atoms with van der Waals surface area (Å²) in [5, 5.41) is 2.83. The normalized spacial score (nSPS) is 18.5. The molecule has 0 saturated carbocycles. The van der Waals surface area contributed by atoms with Crippen molar-refractivity contribution in [1.82, 2.24) is 5.32 Å². The maximum absolute atomic E-state index is 12.0. The van der Waals surface area contributed by atoms with Gasteiger partial charge in [-0.2, -0.15) is 0 Å². The van der Waals surface area contributed by atoms with Crippen molar-refractivity contribution in [3.8, 4) is 0 Å². The monoisotopic (exact) mass is 312 g/mol. The quantitative estimate of drug-likeness (QED) is 0.857. The largest absolute Gasteiger partial charge is 0.376 e. The van der Waals surface area contributed by atoms with E-state index in [1.165, 1.54) is 0 Å². The average molecular weight is 312 g/mol. The molecule has 0 unspecified atom stereocenters. The van der Waals surface area contributed by atoms with E-state index >= 15 is 0 Å². The third-order valence-corrected chi connectivity index (χ3v) is 3.89. The fourth-order valence-corrected chi connectivity index (χ4v) is 2.86. The molecule has 0 radical (unpaired) electrons. The Labute approximate surface area is 124 Å². The molecule has 6 nitrogen and oxygen atoms in total. The number of carbonyl (C=O) groups excluding carboxylic acids is 1. The predicted molar refractivity (Wildman–Crippen MR) is 81.0 cm³/mol. The van der Waals surface area contributed by atoms with Gasteiger partial charge in [-0.05, 0) is 43.5 Å². The van der Waals surface area contributed by atoms with Gasteiger partial charge < -0.3 is 10.1 Å². The topological polar surface area (TPSA) is 84.5 Å². The second kappa shape index (κ2) is 6.44. The van der Waals surface area contributed by atoms with Crippen LogP contribution in [0.4, 0.5) is 5.69 Å². The summed E-state index contributed by atoms with van der Waals surface area (Å²) < 4.78 is 30.3. The molecule has 1 amide bonds. The minimum atomic E-state index is -3.32. The average Bonchev–Trinajstić information content (AvgIpc) is 2.90. The smallest absolute Gasteiger partial charge is 0.251 e. The highest BCUT2D eigenvalue weighted by Crippen LogP contribution is 2.18. The lowest BCUT2D eigenvalue weighted by Crippen LogP contribution is -2.31. The van der Waals surface area contributed by atoms with Crippen molar-refractivity contribution in [3.63, 3.8) is 0 Å². The first-order valence-electron chi connectivity index (χ1n) is 6.83. The van der Waals surface area contributed by atoms with Gasteiger partial charge in [-0.15, -0.1) is 0 Å². The fourth-order valence-electron chi connectivity index (χ4n) is 2.23. The van der Waals surface area contributed by atoms with Gasteiger partial charge in [-0.1, -0.05) is 0 Å². The number of ether oxygens (including phenoxy) is 1. The first-order valence-corrected chi connectivity index (χ1v) is 8.72. The van der Waals surface area contributed by atoms with Crippen LogP contribution in [0.2, 0.25) is 0 Å². The molecule has 1 aromatic rings. The summed E-state index contributed by atoms with van der Waals surface area (Å²) in [6.45, 7) is 3.01. The zero-order valence-electron chi connectivity index (χ0n) is 12.2. The van der Waals surface area contributed by atoms with E-state index in [9.17, 15) is 13.2 Å². The predicted octanol–water partition coefficient (Wildman–Crippen LogP) is 1.28. The number of amides is 1. The van der Waals surface area contributed by atoms with Crippen LogP contribution in [0, 0.1) is 6.92 Å². The standard InChI is InChI=1S/C14H20N2O4S/c1-10-8-11(5-6-13(10)16-21(2,18)19)14(17)15-9-12-4-3-7-20-12/h5-6,8,12,16H,3-4,7,9H2,1-2H3,(H,15,17)/t12-/m0/s1. The van der Waals surface area contributed by atoms with Crippen LogP contribution >= 0.6 is 0 Å². The number of rotatable bonds is 5. The molecule has 1 saturated heterocycles. The van der Waals surface area contributed by atoms with Crippen LogP contribution in [-0.2, 0) is 14.8 Å². The minimum Gasteiger partial charge on any atom is -0.376 e. The van der Waals surface area contributed by atoms with E-state index < -0.39 is 10.0 Å². The number of hydrogen-bond donors (Lipinski definition) is 2. The lowest BCUT2D eigenvalue weighted by Gasteiger charge is -2.12. The van der Waals surface area contributed by atoms with Crippen LogP contribution in [-0.4, -0.2) is 39.8 Å². The summed E-state index contributed by atoms with van der Waals surface area (Å²) in [6, 6.07) is 4.86. The molecule has 1 aromatic carbocycles. The lowest BCUT2D eigenvalue weighted by atomic mass is 10.1. The molecule has 1 atom stereocenters. The molecule has 2 rings (SSSR count). The Morgan fingerprint density at radius 3 is 2.76 bits per heavy atom. The van der Waals surface area contributed by atoms with Gasteiger partial charge in [-0.25, -0.2) is 8.42 Å². The lowest BCUT2D eigenvalue weighted by molar-refractivity contribution is 0.0857. The maximum atomic E-state index is 12.0. The number of anilines is 1. The Bertz CT molecular complexity index is 622. The van der Waals surface area contributed by atoms with Crippen LogP contribution in [0.3, 0.4) is 0 Å². The van der Waals surface area contributed by atoms with E-state index in [-0.39, 0.29) is 12.0 Å². The van der Waals surface area contributed by atoms with Crippen molar-refractivity contribution >= 4 is 21.6 Å². The molecule has 0 spiro atoms. The zero-order valence-corrected chi connectivity index (χ0v) is 13.0. The number of benzene rings is 1. The Balaban J connectivity index is 1.99. The third-order valence-electron chi connectivity index (χ3n) is 3.30.